The van der Waals surface area contributed by atoms with E-state index in [0.29, 0.717) is 5.82 Å². The van der Waals surface area contributed by atoms with Gasteiger partial charge in [-0.05, 0) is 49.4 Å². The van der Waals surface area contributed by atoms with Gasteiger partial charge >= 0.3 is 0 Å². The fourth-order valence-corrected chi connectivity index (χ4v) is 2.64. The van der Waals surface area contributed by atoms with E-state index in [4.69, 9.17) is 10.5 Å². The minimum atomic E-state index is 0.0833. The average Bonchev–Trinajstić information content (AvgIpc) is 2.40. The fourth-order valence-electron chi connectivity index (χ4n) is 2.64. The number of pyridine rings is 1. The number of ether oxygens (including phenoxy) is 1. The van der Waals surface area contributed by atoms with Crippen molar-refractivity contribution in [3.05, 3.63) is 23.9 Å². The summed E-state index contributed by atoms with van der Waals surface area (Å²) in [5, 5.41) is 3.64. The van der Waals surface area contributed by atoms with Gasteiger partial charge < -0.3 is 15.8 Å². The van der Waals surface area contributed by atoms with E-state index >= 15 is 0 Å². The number of nitrogens with one attached hydrogen (secondary N) is 1. The van der Waals surface area contributed by atoms with Gasteiger partial charge in [0.1, 0.15) is 5.82 Å². The van der Waals surface area contributed by atoms with E-state index in [1.165, 1.54) is 5.56 Å². The molecular weight excluding hydrogens is 262 g/mol. The second-order valence-electron chi connectivity index (χ2n) is 6.60. The van der Waals surface area contributed by atoms with Crippen LogP contribution < -0.4 is 11.1 Å². The molecule has 21 heavy (non-hydrogen) atoms. The lowest BCUT2D eigenvalue weighted by Crippen LogP contribution is -2.49. The first-order valence-electron chi connectivity index (χ1n) is 7.93. The molecule has 1 aromatic heterocycles. The maximum absolute atomic E-state index is 6.06. The maximum atomic E-state index is 6.06. The lowest BCUT2D eigenvalue weighted by Gasteiger charge is -2.37. The minimum absolute atomic E-state index is 0.0833. The molecule has 2 unspecified atom stereocenters. The van der Waals surface area contributed by atoms with Crippen molar-refractivity contribution in [2.45, 2.75) is 59.6 Å². The number of nitrogens with zero attached hydrogens (tertiary/aromatic N) is 1. The second-order valence-corrected chi connectivity index (χ2v) is 6.60. The first kappa shape index (κ1) is 17.9. The van der Waals surface area contributed by atoms with Gasteiger partial charge in [-0.3, -0.25) is 0 Å². The third-order valence-electron chi connectivity index (χ3n) is 3.52. The fraction of sp³-hybridized carbons (Fsp3) is 0.706. The van der Waals surface area contributed by atoms with Gasteiger partial charge in [0.25, 0.3) is 0 Å². The highest BCUT2D eigenvalue weighted by atomic mass is 16.5. The van der Waals surface area contributed by atoms with Crippen LogP contribution in [0.15, 0.2) is 18.3 Å². The number of rotatable bonds is 8. The van der Waals surface area contributed by atoms with Crippen molar-refractivity contribution < 1.29 is 4.74 Å². The van der Waals surface area contributed by atoms with Crippen LogP contribution in [0.3, 0.4) is 0 Å². The third-order valence-corrected chi connectivity index (χ3v) is 3.52. The smallest absolute Gasteiger partial charge is 0.123 e. The summed E-state index contributed by atoms with van der Waals surface area (Å²) < 4.78 is 6.06. The first-order valence-corrected chi connectivity index (χ1v) is 7.93. The molecule has 1 heterocycles. The Balaban J connectivity index is 2.91. The molecule has 0 radical (unpaired) electrons. The molecule has 0 aliphatic carbocycles. The van der Waals surface area contributed by atoms with Crippen LogP contribution >= 0.6 is 0 Å². The zero-order chi connectivity index (χ0) is 15.9. The first-order chi connectivity index (χ1) is 9.88. The van der Waals surface area contributed by atoms with Crippen LogP contribution in [-0.4, -0.2) is 30.3 Å². The number of nitrogens with two attached hydrogens (primary N) is 1. The molecule has 120 valence electrons. The number of anilines is 1. The highest BCUT2D eigenvalue weighted by Gasteiger charge is 2.32. The predicted octanol–water partition coefficient (Wildman–Crippen LogP) is 3.03. The summed E-state index contributed by atoms with van der Waals surface area (Å²) in [6, 6.07) is 4.25. The summed E-state index contributed by atoms with van der Waals surface area (Å²) in [6.07, 6.45) is 3.93. The normalized spacial score (nSPS) is 14.9. The van der Waals surface area contributed by atoms with Gasteiger partial charge in [0, 0.05) is 18.8 Å². The lowest BCUT2D eigenvalue weighted by atomic mass is 9.82. The lowest BCUT2D eigenvalue weighted by molar-refractivity contribution is -0.0355. The summed E-state index contributed by atoms with van der Waals surface area (Å²) in [5.41, 5.74) is 7.07. The summed E-state index contributed by atoms with van der Waals surface area (Å²) in [4.78, 5) is 4.07. The van der Waals surface area contributed by atoms with Gasteiger partial charge in [0.15, 0.2) is 0 Å². The second kappa shape index (κ2) is 8.35. The van der Waals surface area contributed by atoms with Crippen molar-refractivity contribution in [2.24, 2.45) is 5.41 Å². The van der Waals surface area contributed by atoms with Gasteiger partial charge in [-0.2, -0.15) is 0 Å². The van der Waals surface area contributed by atoms with Crippen molar-refractivity contribution in [1.29, 1.82) is 0 Å². The van der Waals surface area contributed by atoms with Gasteiger partial charge in [-0.15, -0.1) is 0 Å². The Morgan fingerprint density at radius 1 is 1.33 bits per heavy atom. The van der Waals surface area contributed by atoms with Crippen molar-refractivity contribution >= 4 is 5.82 Å². The van der Waals surface area contributed by atoms with E-state index in [9.17, 15) is 0 Å². The Hall–Kier alpha value is -1.13. The van der Waals surface area contributed by atoms with Gasteiger partial charge in [-0.25, -0.2) is 4.98 Å². The molecule has 0 spiro atoms. The molecule has 0 aliphatic rings. The number of nitrogen functional groups attached to an aromatic ring is 1. The molecule has 3 N–H and O–H groups in total. The molecular formula is C17H31N3O. The summed E-state index contributed by atoms with van der Waals surface area (Å²) >= 11 is 0. The SMILES string of the molecule is CCCNC(Cc1ccnc(N)c1)C(OCC)C(C)(C)C. The summed E-state index contributed by atoms with van der Waals surface area (Å²) in [7, 11) is 0. The van der Waals surface area contributed by atoms with Gasteiger partial charge in [-0.1, -0.05) is 27.7 Å². The van der Waals surface area contributed by atoms with Crippen LogP contribution in [0, 0.1) is 5.41 Å². The van der Waals surface area contributed by atoms with E-state index in [1.54, 1.807) is 6.20 Å². The molecule has 0 bridgehead atoms. The van der Waals surface area contributed by atoms with Crippen LogP contribution in [-0.2, 0) is 11.2 Å². The highest BCUT2D eigenvalue weighted by molar-refractivity contribution is 5.32. The van der Waals surface area contributed by atoms with Crippen molar-refractivity contribution in [1.82, 2.24) is 10.3 Å². The van der Waals surface area contributed by atoms with Crippen molar-refractivity contribution in [2.75, 3.05) is 18.9 Å². The molecule has 0 amide bonds. The molecule has 0 saturated carbocycles. The Morgan fingerprint density at radius 2 is 2.05 bits per heavy atom. The third kappa shape index (κ3) is 6.02. The predicted molar refractivity (Wildman–Crippen MR) is 89.3 cm³/mol. The van der Waals surface area contributed by atoms with Crippen molar-refractivity contribution in [3.63, 3.8) is 0 Å². The zero-order valence-electron chi connectivity index (χ0n) is 14.1. The molecule has 0 aliphatic heterocycles. The van der Waals surface area contributed by atoms with Gasteiger partial charge in [0.05, 0.1) is 6.10 Å². The Morgan fingerprint density at radius 3 is 2.57 bits per heavy atom. The zero-order valence-corrected chi connectivity index (χ0v) is 14.1. The molecule has 1 aromatic rings. The largest absolute Gasteiger partial charge is 0.384 e. The monoisotopic (exact) mass is 293 g/mol. The van der Waals surface area contributed by atoms with Crippen LogP contribution in [0.25, 0.3) is 0 Å². The Labute approximate surface area is 129 Å². The number of hydrogen-bond donors (Lipinski definition) is 2. The number of aromatic nitrogens is 1. The Kier molecular flexibility index (Phi) is 7.12. The van der Waals surface area contributed by atoms with Crippen LogP contribution in [0.1, 0.15) is 46.6 Å². The maximum Gasteiger partial charge on any atom is 0.123 e. The van der Waals surface area contributed by atoms with E-state index in [1.807, 2.05) is 12.1 Å². The molecule has 4 heteroatoms. The summed E-state index contributed by atoms with van der Waals surface area (Å²) in [6.45, 7) is 12.6. The highest BCUT2D eigenvalue weighted by Crippen LogP contribution is 2.27. The molecule has 2 atom stereocenters. The van der Waals surface area contributed by atoms with Crippen LogP contribution in [0.2, 0.25) is 0 Å². The number of hydrogen-bond acceptors (Lipinski definition) is 4. The molecule has 0 saturated heterocycles. The quantitative estimate of drug-likeness (QED) is 0.773. The molecule has 0 aromatic carbocycles. The average molecular weight is 293 g/mol. The van der Waals surface area contributed by atoms with Crippen molar-refractivity contribution in [3.8, 4) is 0 Å². The topological polar surface area (TPSA) is 60.2 Å². The van der Waals surface area contributed by atoms with E-state index in [2.05, 4.69) is 44.9 Å². The minimum Gasteiger partial charge on any atom is -0.384 e. The van der Waals surface area contributed by atoms with E-state index in [0.717, 1.165) is 26.0 Å². The standard InChI is InChI=1S/C17H31N3O/c1-6-9-19-14(16(21-7-2)17(3,4)5)11-13-8-10-20-15(18)12-13/h8,10,12,14,16,19H,6-7,9,11H2,1-5H3,(H2,18,20). The van der Waals surface area contributed by atoms with E-state index < -0.39 is 0 Å². The molecule has 1 rings (SSSR count). The van der Waals surface area contributed by atoms with Gasteiger partial charge in [0.2, 0.25) is 0 Å². The van der Waals surface area contributed by atoms with Crippen LogP contribution in [0.4, 0.5) is 5.82 Å². The summed E-state index contributed by atoms with van der Waals surface area (Å²) in [5.74, 6) is 0.575. The van der Waals surface area contributed by atoms with E-state index in [-0.39, 0.29) is 17.6 Å². The molecule has 0 fully saturated rings. The Bertz CT molecular complexity index is 415. The molecule has 4 nitrogen and oxygen atoms in total. The van der Waals surface area contributed by atoms with Crippen LogP contribution in [0.5, 0.6) is 0 Å².